The smallest absolute Gasteiger partial charge is 0.226 e. The second kappa shape index (κ2) is 7.32. The van der Waals surface area contributed by atoms with Crippen molar-refractivity contribution in [2.45, 2.75) is 25.9 Å². The SMILES string of the molecule is Cc1oc(-c2cccc(Oc3ccccc3)c2)nc1CN1CC[C@H](N)C1. The van der Waals surface area contributed by atoms with E-state index < -0.39 is 0 Å². The van der Waals surface area contributed by atoms with Gasteiger partial charge in [0.1, 0.15) is 17.3 Å². The first-order valence-electron chi connectivity index (χ1n) is 8.95. The van der Waals surface area contributed by atoms with Gasteiger partial charge in [0.05, 0.1) is 5.69 Å². The molecule has 3 aromatic rings. The van der Waals surface area contributed by atoms with E-state index in [4.69, 9.17) is 19.9 Å². The van der Waals surface area contributed by atoms with Gasteiger partial charge in [0.2, 0.25) is 5.89 Å². The normalized spacial score (nSPS) is 17.5. The third-order valence-corrected chi connectivity index (χ3v) is 4.63. The third-order valence-electron chi connectivity index (χ3n) is 4.63. The Hall–Kier alpha value is -2.63. The number of oxazole rings is 1. The predicted molar refractivity (Wildman–Crippen MR) is 101 cm³/mol. The van der Waals surface area contributed by atoms with Crippen LogP contribution in [0.15, 0.2) is 59.0 Å². The van der Waals surface area contributed by atoms with Crippen molar-refractivity contribution < 1.29 is 9.15 Å². The van der Waals surface area contributed by atoms with Gasteiger partial charge in [-0.2, -0.15) is 0 Å². The van der Waals surface area contributed by atoms with Crippen LogP contribution in [0.3, 0.4) is 0 Å². The molecule has 0 aliphatic carbocycles. The molecule has 2 aromatic carbocycles. The fourth-order valence-electron chi connectivity index (χ4n) is 3.23. The molecule has 0 bridgehead atoms. The van der Waals surface area contributed by atoms with Crippen LogP contribution in [-0.2, 0) is 6.54 Å². The maximum atomic E-state index is 5.99. The highest BCUT2D eigenvalue weighted by atomic mass is 16.5. The number of benzene rings is 2. The molecule has 0 saturated carbocycles. The van der Waals surface area contributed by atoms with Gasteiger partial charge < -0.3 is 14.9 Å². The summed E-state index contributed by atoms with van der Waals surface area (Å²) in [5, 5.41) is 0. The molecule has 1 fully saturated rings. The molecule has 4 rings (SSSR count). The zero-order valence-corrected chi connectivity index (χ0v) is 14.9. The highest BCUT2D eigenvalue weighted by Gasteiger charge is 2.22. The summed E-state index contributed by atoms with van der Waals surface area (Å²) in [6.45, 7) is 4.68. The maximum Gasteiger partial charge on any atom is 0.226 e. The number of nitrogens with zero attached hydrogens (tertiary/aromatic N) is 2. The largest absolute Gasteiger partial charge is 0.457 e. The van der Waals surface area contributed by atoms with Gasteiger partial charge in [0, 0.05) is 31.2 Å². The van der Waals surface area contributed by atoms with Gasteiger partial charge in [-0.3, -0.25) is 4.90 Å². The van der Waals surface area contributed by atoms with Gasteiger partial charge in [0.25, 0.3) is 0 Å². The second-order valence-electron chi connectivity index (χ2n) is 6.75. The molecule has 1 aromatic heterocycles. The molecular formula is C21H23N3O2. The molecule has 134 valence electrons. The van der Waals surface area contributed by atoms with E-state index in [0.717, 1.165) is 54.6 Å². The Morgan fingerprint density at radius 1 is 1.15 bits per heavy atom. The summed E-state index contributed by atoms with van der Waals surface area (Å²) in [6.07, 6.45) is 1.04. The number of rotatable bonds is 5. The van der Waals surface area contributed by atoms with Crippen molar-refractivity contribution in [3.05, 3.63) is 66.1 Å². The molecule has 1 saturated heterocycles. The molecule has 5 nitrogen and oxygen atoms in total. The number of hydrogen-bond acceptors (Lipinski definition) is 5. The van der Waals surface area contributed by atoms with Crippen molar-refractivity contribution in [1.29, 1.82) is 0 Å². The van der Waals surface area contributed by atoms with E-state index in [1.165, 1.54) is 0 Å². The molecule has 1 aliphatic rings. The quantitative estimate of drug-likeness (QED) is 0.755. The monoisotopic (exact) mass is 349 g/mol. The molecule has 0 radical (unpaired) electrons. The minimum atomic E-state index is 0.272. The summed E-state index contributed by atoms with van der Waals surface area (Å²) in [6, 6.07) is 17.8. The Morgan fingerprint density at radius 3 is 2.73 bits per heavy atom. The predicted octanol–water partition coefficient (Wildman–Crippen LogP) is 3.98. The van der Waals surface area contributed by atoms with Gasteiger partial charge in [-0.05, 0) is 43.7 Å². The van der Waals surface area contributed by atoms with E-state index in [-0.39, 0.29) is 6.04 Å². The van der Waals surface area contributed by atoms with Gasteiger partial charge in [-0.1, -0.05) is 24.3 Å². The number of para-hydroxylation sites is 1. The number of aromatic nitrogens is 1. The second-order valence-corrected chi connectivity index (χ2v) is 6.75. The van der Waals surface area contributed by atoms with Crippen molar-refractivity contribution in [3.63, 3.8) is 0 Å². The molecular weight excluding hydrogens is 326 g/mol. The third kappa shape index (κ3) is 3.79. The van der Waals surface area contributed by atoms with Crippen LogP contribution in [0.5, 0.6) is 11.5 Å². The number of nitrogens with two attached hydrogens (primary N) is 1. The van der Waals surface area contributed by atoms with Crippen molar-refractivity contribution in [2.75, 3.05) is 13.1 Å². The Labute approximate surface area is 153 Å². The van der Waals surface area contributed by atoms with Crippen molar-refractivity contribution in [1.82, 2.24) is 9.88 Å². The molecule has 0 amide bonds. The van der Waals surface area contributed by atoms with Crippen LogP contribution in [0.25, 0.3) is 11.5 Å². The van der Waals surface area contributed by atoms with Gasteiger partial charge in [-0.15, -0.1) is 0 Å². The van der Waals surface area contributed by atoms with E-state index in [1.807, 2.05) is 61.5 Å². The number of likely N-dealkylation sites (tertiary alicyclic amines) is 1. The zero-order chi connectivity index (χ0) is 17.9. The first-order valence-corrected chi connectivity index (χ1v) is 8.95. The molecule has 2 N–H and O–H groups in total. The Balaban J connectivity index is 1.52. The minimum absolute atomic E-state index is 0.272. The number of ether oxygens (including phenoxy) is 1. The standard InChI is InChI=1S/C21H23N3O2/c1-15-20(14-24-11-10-17(22)13-24)23-21(25-15)16-6-5-9-19(12-16)26-18-7-3-2-4-8-18/h2-9,12,17H,10-11,13-14,22H2,1H3/t17-/m0/s1. The lowest BCUT2D eigenvalue weighted by molar-refractivity contribution is 0.321. The summed E-state index contributed by atoms with van der Waals surface area (Å²) >= 11 is 0. The molecule has 1 aliphatic heterocycles. The first-order chi connectivity index (χ1) is 12.7. The van der Waals surface area contributed by atoms with Crippen LogP contribution in [0.2, 0.25) is 0 Å². The maximum absolute atomic E-state index is 5.99. The summed E-state index contributed by atoms with van der Waals surface area (Å²) in [4.78, 5) is 7.04. The van der Waals surface area contributed by atoms with Crippen molar-refractivity contribution in [3.8, 4) is 23.0 Å². The van der Waals surface area contributed by atoms with Crippen LogP contribution in [0.4, 0.5) is 0 Å². The van der Waals surface area contributed by atoms with Crippen LogP contribution >= 0.6 is 0 Å². The molecule has 0 unspecified atom stereocenters. The minimum Gasteiger partial charge on any atom is -0.457 e. The molecule has 1 atom stereocenters. The van der Waals surface area contributed by atoms with Gasteiger partial charge in [-0.25, -0.2) is 4.98 Å². The molecule has 2 heterocycles. The molecule has 5 heteroatoms. The summed E-state index contributed by atoms with van der Waals surface area (Å²) < 4.78 is 11.8. The zero-order valence-electron chi connectivity index (χ0n) is 14.9. The van der Waals surface area contributed by atoms with E-state index >= 15 is 0 Å². The van der Waals surface area contributed by atoms with E-state index in [9.17, 15) is 0 Å². The van der Waals surface area contributed by atoms with Crippen LogP contribution in [0.1, 0.15) is 17.9 Å². The first kappa shape index (κ1) is 16.8. The van der Waals surface area contributed by atoms with Crippen molar-refractivity contribution >= 4 is 0 Å². The van der Waals surface area contributed by atoms with E-state index in [2.05, 4.69) is 4.90 Å². The lowest BCUT2D eigenvalue weighted by Gasteiger charge is -2.12. The average molecular weight is 349 g/mol. The Kier molecular flexibility index (Phi) is 4.73. The van der Waals surface area contributed by atoms with Crippen LogP contribution < -0.4 is 10.5 Å². The van der Waals surface area contributed by atoms with E-state index in [1.54, 1.807) is 0 Å². The summed E-state index contributed by atoms with van der Waals surface area (Å²) in [7, 11) is 0. The Bertz CT molecular complexity index is 876. The fourth-order valence-corrected chi connectivity index (χ4v) is 3.23. The van der Waals surface area contributed by atoms with E-state index in [0.29, 0.717) is 5.89 Å². The van der Waals surface area contributed by atoms with Gasteiger partial charge in [0.15, 0.2) is 0 Å². The number of hydrogen-bond donors (Lipinski definition) is 1. The van der Waals surface area contributed by atoms with Crippen LogP contribution in [0, 0.1) is 6.92 Å². The van der Waals surface area contributed by atoms with Crippen molar-refractivity contribution in [2.24, 2.45) is 5.73 Å². The molecule has 0 spiro atoms. The average Bonchev–Trinajstić information content (AvgIpc) is 3.22. The lowest BCUT2D eigenvalue weighted by atomic mass is 10.2. The van der Waals surface area contributed by atoms with Crippen LogP contribution in [-0.4, -0.2) is 29.0 Å². The highest BCUT2D eigenvalue weighted by Crippen LogP contribution is 2.28. The number of aryl methyl sites for hydroxylation is 1. The van der Waals surface area contributed by atoms with Gasteiger partial charge >= 0.3 is 0 Å². The molecule has 26 heavy (non-hydrogen) atoms. The highest BCUT2D eigenvalue weighted by molar-refractivity contribution is 5.57. The Morgan fingerprint density at radius 2 is 1.96 bits per heavy atom. The fraction of sp³-hybridized carbons (Fsp3) is 0.286. The summed E-state index contributed by atoms with van der Waals surface area (Å²) in [5.41, 5.74) is 7.88. The summed E-state index contributed by atoms with van der Waals surface area (Å²) in [5.74, 6) is 3.05. The topological polar surface area (TPSA) is 64.5 Å². The lowest BCUT2D eigenvalue weighted by Crippen LogP contribution is -2.26.